The largest absolute Gasteiger partial charge is 0.481 e. The standard InChI is InChI=1S/C22H29NO3/c1-16(18-11-7-5-8-12-18)22(26,17(2)21(24)25)20(15-23(3)4)19-13-9-6-10-14-19/h5-14,16-17,20,26H,15H2,1-4H3,(H,24,25). The van der Waals surface area contributed by atoms with Crippen molar-refractivity contribution in [3.8, 4) is 0 Å². The van der Waals surface area contributed by atoms with Crippen molar-refractivity contribution >= 4 is 5.97 Å². The third kappa shape index (κ3) is 4.14. The van der Waals surface area contributed by atoms with Gasteiger partial charge in [0.1, 0.15) is 0 Å². The molecule has 0 bridgehead atoms. The van der Waals surface area contributed by atoms with Crippen LogP contribution in [-0.2, 0) is 4.79 Å². The summed E-state index contributed by atoms with van der Waals surface area (Å²) >= 11 is 0. The van der Waals surface area contributed by atoms with Crippen LogP contribution in [0.4, 0.5) is 0 Å². The van der Waals surface area contributed by atoms with Gasteiger partial charge in [0.2, 0.25) is 0 Å². The van der Waals surface area contributed by atoms with E-state index in [-0.39, 0.29) is 11.8 Å². The molecule has 0 heterocycles. The normalized spacial score (nSPS) is 17.3. The summed E-state index contributed by atoms with van der Waals surface area (Å²) < 4.78 is 0. The van der Waals surface area contributed by atoms with Crippen LogP contribution in [0.1, 0.15) is 36.8 Å². The highest BCUT2D eigenvalue weighted by molar-refractivity contribution is 5.72. The molecular formula is C22H29NO3. The number of rotatable bonds is 8. The van der Waals surface area contributed by atoms with Crippen LogP contribution < -0.4 is 0 Å². The summed E-state index contributed by atoms with van der Waals surface area (Å²) in [7, 11) is 3.88. The summed E-state index contributed by atoms with van der Waals surface area (Å²) in [5.74, 6) is -2.61. The smallest absolute Gasteiger partial charge is 0.309 e. The van der Waals surface area contributed by atoms with Crippen molar-refractivity contribution in [2.24, 2.45) is 5.92 Å². The van der Waals surface area contributed by atoms with Gasteiger partial charge in [0.25, 0.3) is 0 Å². The van der Waals surface area contributed by atoms with E-state index in [4.69, 9.17) is 0 Å². The van der Waals surface area contributed by atoms with Gasteiger partial charge in [-0.1, -0.05) is 67.6 Å². The predicted molar refractivity (Wildman–Crippen MR) is 104 cm³/mol. The number of nitrogens with zero attached hydrogens (tertiary/aromatic N) is 1. The van der Waals surface area contributed by atoms with Gasteiger partial charge in [-0.15, -0.1) is 0 Å². The van der Waals surface area contributed by atoms with Gasteiger partial charge in [0, 0.05) is 18.4 Å². The first-order valence-electron chi connectivity index (χ1n) is 8.98. The van der Waals surface area contributed by atoms with Gasteiger partial charge < -0.3 is 15.1 Å². The SMILES string of the molecule is CC(C(=O)O)C(O)(C(C)c1ccccc1)C(CN(C)C)c1ccccc1. The lowest BCUT2D eigenvalue weighted by Gasteiger charge is -2.45. The maximum atomic E-state index is 11.9. The Balaban J connectivity index is 2.61. The van der Waals surface area contributed by atoms with Gasteiger partial charge in [-0.05, 0) is 32.1 Å². The molecule has 0 spiro atoms. The Bertz CT molecular complexity index is 702. The number of carboxylic acids is 1. The lowest BCUT2D eigenvalue weighted by Crippen LogP contribution is -2.52. The van der Waals surface area contributed by atoms with Crippen molar-refractivity contribution in [1.82, 2.24) is 4.90 Å². The van der Waals surface area contributed by atoms with Crippen LogP contribution in [0.25, 0.3) is 0 Å². The summed E-state index contributed by atoms with van der Waals surface area (Å²) in [4.78, 5) is 13.9. The van der Waals surface area contributed by atoms with Crippen LogP contribution in [-0.4, -0.2) is 47.3 Å². The van der Waals surface area contributed by atoms with Crippen LogP contribution >= 0.6 is 0 Å². The second-order valence-corrected chi connectivity index (χ2v) is 7.31. The minimum absolute atomic E-state index is 0.347. The van der Waals surface area contributed by atoms with Gasteiger partial charge in [-0.3, -0.25) is 4.79 Å². The van der Waals surface area contributed by atoms with Crippen molar-refractivity contribution in [1.29, 1.82) is 0 Å². The lowest BCUT2D eigenvalue weighted by molar-refractivity contribution is -0.155. The van der Waals surface area contributed by atoms with Crippen LogP contribution in [0.5, 0.6) is 0 Å². The summed E-state index contributed by atoms with van der Waals surface area (Å²) in [6, 6.07) is 19.4. The first-order valence-corrected chi connectivity index (χ1v) is 8.98. The topological polar surface area (TPSA) is 60.8 Å². The number of likely N-dealkylation sites (N-methyl/N-ethyl adjacent to an activating group) is 1. The van der Waals surface area contributed by atoms with Crippen LogP contribution in [0.3, 0.4) is 0 Å². The molecule has 0 aliphatic heterocycles. The summed E-state index contributed by atoms with van der Waals surface area (Å²) in [6.07, 6.45) is 0. The molecule has 2 rings (SSSR count). The molecule has 0 saturated heterocycles. The molecule has 4 atom stereocenters. The first kappa shape index (κ1) is 20.1. The predicted octanol–water partition coefficient (Wildman–Crippen LogP) is 3.59. The van der Waals surface area contributed by atoms with Crippen molar-refractivity contribution < 1.29 is 15.0 Å². The molecule has 0 aliphatic rings. The molecule has 4 heteroatoms. The summed E-state index contributed by atoms with van der Waals surface area (Å²) in [5, 5.41) is 21.7. The molecule has 0 aromatic heterocycles. The zero-order valence-corrected chi connectivity index (χ0v) is 16.0. The molecule has 0 amide bonds. The number of benzene rings is 2. The minimum Gasteiger partial charge on any atom is -0.481 e. The van der Waals surface area contributed by atoms with Crippen LogP contribution in [0.2, 0.25) is 0 Å². The highest BCUT2D eigenvalue weighted by atomic mass is 16.4. The first-order chi connectivity index (χ1) is 12.3. The van der Waals surface area contributed by atoms with Crippen molar-refractivity contribution in [2.45, 2.75) is 31.3 Å². The summed E-state index contributed by atoms with van der Waals surface area (Å²) in [6.45, 7) is 4.07. The number of hydrogen-bond acceptors (Lipinski definition) is 3. The van der Waals surface area contributed by atoms with Gasteiger partial charge in [-0.2, -0.15) is 0 Å². The molecule has 0 aliphatic carbocycles. The van der Waals surface area contributed by atoms with Crippen molar-refractivity contribution in [3.05, 3.63) is 71.8 Å². The van der Waals surface area contributed by atoms with Crippen LogP contribution in [0, 0.1) is 5.92 Å². The molecule has 2 aromatic rings. The molecule has 0 fully saturated rings. The van der Waals surface area contributed by atoms with E-state index >= 15 is 0 Å². The molecule has 4 nitrogen and oxygen atoms in total. The maximum absolute atomic E-state index is 11.9. The fraction of sp³-hybridized carbons (Fsp3) is 0.409. The molecule has 4 unspecified atom stereocenters. The van der Waals surface area contributed by atoms with E-state index in [1.165, 1.54) is 0 Å². The quantitative estimate of drug-likeness (QED) is 0.760. The molecule has 0 radical (unpaired) electrons. The molecular weight excluding hydrogens is 326 g/mol. The fourth-order valence-corrected chi connectivity index (χ4v) is 3.75. The number of aliphatic hydroxyl groups is 1. The zero-order valence-electron chi connectivity index (χ0n) is 16.0. The minimum atomic E-state index is -1.45. The number of carbonyl (C=O) groups is 1. The molecule has 0 saturated carbocycles. The Morgan fingerprint density at radius 2 is 1.42 bits per heavy atom. The summed E-state index contributed by atoms with van der Waals surface area (Å²) in [5.41, 5.74) is 0.432. The third-order valence-corrected chi connectivity index (χ3v) is 5.37. The average Bonchev–Trinajstić information content (AvgIpc) is 2.65. The number of carboxylic acid groups (broad SMARTS) is 1. The molecule has 140 valence electrons. The number of hydrogen-bond donors (Lipinski definition) is 2. The second kappa shape index (κ2) is 8.47. The average molecular weight is 355 g/mol. The Labute approximate surface area is 156 Å². The molecule has 2 N–H and O–H groups in total. The van der Waals surface area contributed by atoms with Gasteiger partial charge >= 0.3 is 5.97 Å². The Kier molecular flexibility index (Phi) is 6.57. The zero-order chi connectivity index (χ0) is 19.3. The van der Waals surface area contributed by atoms with Gasteiger partial charge in [0.05, 0.1) is 11.5 Å². The maximum Gasteiger partial charge on any atom is 0.309 e. The Morgan fingerprint density at radius 3 is 1.85 bits per heavy atom. The van der Waals surface area contributed by atoms with E-state index < -0.39 is 17.5 Å². The van der Waals surface area contributed by atoms with Crippen molar-refractivity contribution in [3.63, 3.8) is 0 Å². The van der Waals surface area contributed by atoms with E-state index in [2.05, 4.69) is 0 Å². The van der Waals surface area contributed by atoms with Crippen molar-refractivity contribution in [2.75, 3.05) is 20.6 Å². The van der Waals surface area contributed by atoms with Crippen LogP contribution in [0.15, 0.2) is 60.7 Å². The molecule has 26 heavy (non-hydrogen) atoms. The van der Waals surface area contributed by atoms with E-state index in [1.807, 2.05) is 86.6 Å². The Morgan fingerprint density at radius 1 is 0.962 bits per heavy atom. The molecule has 2 aromatic carbocycles. The van der Waals surface area contributed by atoms with E-state index in [0.29, 0.717) is 6.54 Å². The van der Waals surface area contributed by atoms with E-state index in [9.17, 15) is 15.0 Å². The lowest BCUT2D eigenvalue weighted by atomic mass is 9.65. The second-order valence-electron chi connectivity index (χ2n) is 7.31. The van der Waals surface area contributed by atoms with E-state index in [1.54, 1.807) is 6.92 Å². The number of aliphatic carboxylic acids is 1. The highest BCUT2D eigenvalue weighted by Gasteiger charge is 2.50. The van der Waals surface area contributed by atoms with Gasteiger partial charge in [-0.25, -0.2) is 0 Å². The van der Waals surface area contributed by atoms with Gasteiger partial charge in [0.15, 0.2) is 0 Å². The Hall–Kier alpha value is -2.17. The fourth-order valence-electron chi connectivity index (χ4n) is 3.75. The highest BCUT2D eigenvalue weighted by Crippen LogP contribution is 2.45. The monoisotopic (exact) mass is 355 g/mol. The third-order valence-electron chi connectivity index (χ3n) is 5.37. The van der Waals surface area contributed by atoms with E-state index in [0.717, 1.165) is 11.1 Å².